The first-order valence-electron chi connectivity index (χ1n) is 10.8. The molecule has 7 nitrogen and oxygen atoms in total. The number of nitrogens with two attached hydrogens (primary N) is 1. The van der Waals surface area contributed by atoms with Crippen molar-refractivity contribution in [3.05, 3.63) is 35.3 Å². The van der Waals surface area contributed by atoms with Crippen molar-refractivity contribution in [3.63, 3.8) is 0 Å². The first kappa shape index (κ1) is 21.8. The number of aromatic nitrogens is 2. The molecule has 0 aliphatic heterocycles. The van der Waals surface area contributed by atoms with E-state index in [-0.39, 0.29) is 12.1 Å². The number of nitriles is 1. The first-order valence-corrected chi connectivity index (χ1v) is 10.8. The molecule has 2 aromatic heterocycles. The van der Waals surface area contributed by atoms with Gasteiger partial charge in [-0.2, -0.15) is 5.26 Å². The van der Waals surface area contributed by atoms with E-state index >= 15 is 0 Å². The lowest BCUT2D eigenvalue weighted by molar-refractivity contribution is 0.304. The number of pyridine rings is 2. The van der Waals surface area contributed by atoms with Crippen LogP contribution >= 0.6 is 0 Å². The number of nitrogens with zero attached hydrogens (tertiary/aromatic N) is 3. The maximum Gasteiger partial charge on any atom is 0.164 e. The smallest absolute Gasteiger partial charge is 0.164 e. The number of ether oxygens (including phenoxy) is 1. The summed E-state index contributed by atoms with van der Waals surface area (Å²) in [6, 6.07) is 6.36. The minimum Gasteiger partial charge on any atom is -0.491 e. The van der Waals surface area contributed by atoms with E-state index in [1.807, 2.05) is 26.0 Å². The Morgan fingerprint density at radius 3 is 2.77 bits per heavy atom. The second-order valence-electron chi connectivity index (χ2n) is 8.00. The van der Waals surface area contributed by atoms with Gasteiger partial charge in [-0.05, 0) is 50.8 Å². The molecule has 3 rings (SSSR count). The molecule has 2 heterocycles. The van der Waals surface area contributed by atoms with Gasteiger partial charge in [0.1, 0.15) is 17.6 Å². The highest BCUT2D eigenvalue weighted by molar-refractivity contribution is 5.68. The van der Waals surface area contributed by atoms with Crippen molar-refractivity contribution in [1.29, 1.82) is 5.26 Å². The van der Waals surface area contributed by atoms with Gasteiger partial charge < -0.3 is 21.1 Å². The van der Waals surface area contributed by atoms with Crippen LogP contribution in [0.4, 0.5) is 17.2 Å². The molecule has 160 valence electrons. The summed E-state index contributed by atoms with van der Waals surface area (Å²) < 4.78 is 5.89. The van der Waals surface area contributed by atoms with Crippen molar-refractivity contribution in [2.45, 2.75) is 71.4 Å². The normalized spacial score (nSPS) is 18.5. The van der Waals surface area contributed by atoms with Crippen LogP contribution in [-0.4, -0.2) is 28.7 Å². The fourth-order valence-electron chi connectivity index (χ4n) is 3.84. The zero-order valence-corrected chi connectivity index (χ0v) is 18.2. The number of hydrogen-bond donors (Lipinski definition) is 3. The standard InChI is InChI=1S/C23H32N6O/c1-4-5-10-30-23-15(2)11-22(27-16(23)3)29-20-12-17(14-26-21(20)13-24)28-19-9-7-6-8-18(19)25/h11-12,14,18-19,28H,4-10,25H2,1-3H3,(H,27,29)/t18-,19+/m0/s1. The molecular weight excluding hydrogens is 376 g/mol. The van der Waals surface area contributed by atoms with Gasteiger partial charge in [-0.1, -0.05) is 26.2 Å². The van der Waals surface area contributed by atoms with E-state index in [0.29, 0.717) is 23.8 Å². The van der Waals surface area contributed by atoms with Crippen LogP contribution in [0, 0.1) is 25.2 Å². The molecule has 1 aliphatic carbocycles. The monoisotopic (exact) mass is 408 g/mol. The summed E-state index contributed by atoms with van der Waals surface area (Å²) in [5.41, 5.74) is 9.90. The summed E-state index contributed by atoms with van der Waals surface area (Å²) in [4.78, 5) is 8.94. The minimum atomic E-state index is 0.137. The molecule has 0 unspecified atom stereocenters. The topological polar surface area (TPSA) is 109 Å². The quantitative estimate of drug-likeness (QED) is 0.549. The molecule has 4 N–H and O–H groups in total. The lowest BCUT2D eigenvalue weighted by Crippen LogP contribution is -2.42. The molecule has 30 heavy (non-hydrogen) atoms. The minimum absolute atomic E-state index is 0.137. The Hall–Kier alpha value is -2.85. The van der Waals surface area contributed by atoms with E-state index in [9.17, 15) is 5.26 Å². The van der Waals surface area contributed by atoms with Gasteiger partial charge in [0, 0.05) is 12.1 Å². The SMILES string of the molecule is CCCCOc1c(C)cc(Nc2cc(N[C@@H]3CCCC[C@@H]3N)cnc2C#N)nc1C. The molecule has 1 saturated carbocycles. The van der Waals surface area contributed by atoms with Crippen LogP contribution in [-0.2, 0) is 0 Å². The van der Waals surface area contributed by atoms with E-state index in [1.165, 1.54) is 12.8 Å². The molecule has 2 aromatic rings. The number of unbranched alkanes of at least 4 members (excludes halogenated alkanes) is 1. The molecule has 0 amide bonds. The van der Waals surface area contributed by atoms with Crippen LogP contribution < -0.4 is 21.1 Å². The molecule has 1 aliphatic rings. The van der Waals surface area contributed by atoms with E-state index < -0.39 is 0 Å². The van der Waals surface area contributed by atoms with Gasteiger partial charge in [0.15, 0.2) is 5.69 Å². The Balaban J connectivity index is 1.79. The van der Waals surface area contributed by atoms with Crippen LogP contribution in [0.15, 0.2) is 18.3 Å². The molecule has 0 saturated heterocycles. The summed E-state index contributed by atoms with van der Waals surface area (Å²) in [6.07, 6.45) is 8.23. The van der Waals surface area contributed by atoms with E-state index in [1.54, 1.807) is 6.20 Å². The van der Waals surface area contributed by atoms with Gasteiger partial charge in [0.05, 0.1) is 29.9 Å². The zero-order chi connectivity index (χ0) is 21.5. The fourth-order valence-corrected chi connectivity index (χ4v) is 3.84. The summed E-state index contributed by atoms with van der Waals surface area (Å²) >= 11 is 0. The summed E-state index contributed by atoms with van der Waals surface area (Å²) in [7, 11) is 0. The third-order valence-corrected chi connectivity index (χ3v) is 5.50. The number of hydrogen-bond acceptors (Lipinski definition) is 7. The van der Waals surface area contributed by atoms with Crippen molar-refractivity contribution in [3.8, 4) is 11.8 Å². The Kier molecular flexibility index (Phi) is 7.47. The van der Waals surface area contributed by atoms with Crippen LogP contribution in [0.1, 0.15) is 62.4 Å². The van der Waals surface area contributed by atoms with Crippen LogP contribution in [0.2, 0.25) is 0 Å². The fraction of sp³-hybridized carbons (Fsp3) is 0.522. The molecule has 2 atom stereocenters. The number of rotatable bonds is 8. The highest BCUT2D eigenvalue weighted by Gasteiger charge is 2.22. The zero-order valence-electron chi connectivity index (χ0n) is 18.2. The van der Waals surface area contributed by atoms with Gasteiger partial charge >= 0.3 is 0 Å². The Bertz CT molecular complexity index is 884. The highest BCUT2D eigenvalue weighted by atomic mass is 16.5. The van der Waals surface area contributed by atoms with E-state index in [4.69, 9.17) is 10.5 Å². The number of nitrogens with one attached hydrogen (secondary N) is 2. The number of anilines is 3. The van der Waals surface area contributed by atoms with Gasteiger partial charge in [0.25, 0.3) is 0 Å². The molecule has 1 fully saturated rings. The Morgan fingerprint density at radius 2 is 2.07 bits per heavy atom. The van der Waals surface area contributed by atoms with Crippen molar-refractivity contribution in [2.24, 2.45) is 5.73 Å². The van der Waals surface area contributed by atoms with Crippen molar-refractivity contribution >= 4 is 17.2 Å². The first-order chi connectivity index (χ1) is 14.5. The lowest BCUT2D eigenvalue weighted by atomic mass is 9.91. The third-order valence-electron chi connectivity index (χ3n) is 5.50. The van der Waals surface area contributed by atoms with Gasteiger partial charge in [0.2, 0.25) is 0 Å². The lowest BCUT2D eigenvalue weighted by Gasteiger charge is -2.30. The second-order valence-corrected chi connectivity index (χ2v) is 8.00. The summed E-state index contributed by atoms with van der Waals surface area (Å²) in [6.45, 7) is 6.77. The molecule has 0 spiro atoms. The van der Waals surface area contributed by atoms with E-state index in [0.717, 1.165) is 48.4 Å². The molecule has 7 heteroatoms. The van der Waals surface area contributed by atoms with Crippen LogP contribution in [0.25, 0.3) is 0 Å². The molecular formula is C23H32N6O. The van der Waals surface area contributed by atoms with Crippen LogP contribution in [0.3, 0.4) is 0 Å². The summed E-state index contributed by atoms with van der Waals surface area (Å²) in [5, 5.41) is 16.2. The molecule has 0 aromatic carbocycles. The van der Waals surface area contributed by atoms with Crippen LogP contribution in [0.5, 0.6) is 5.75 Å². The average Bonchev–Trinajstić information content (AvgIpc) is 2.72. The van der Waals surface area contributed by atoms with Gasteiger partial charge in [-0.15, -0.1) is 0 Å². The average molecular weight is 409 g/mol. The van der Waals surface area contributed by atoms with E-state index in [2.05, 4.69) is 33.6 Å². The predicted molar refractivity (Wildman–Crippen MR) is 120 cm³/mol. The maximum absolute atomic E-state index is 9.49. The Morgan fingerprint density at radius 1 is 1.27 bits per heavy atom. The number of aryl methyl sites for hydroxylation is 2. The molecule has 0 radical (unpaired) electrons. The maximum atomic E-state index is 9.49. The van der Waals surface area contributed by atoms with Gasteiger partial charge in [-0.3, -0.25) is 0 Å². The Labute approximate surface area is 179 Å². The van der Waals surface area contributed by atoms with Crippen molar-refractivity contribution in [1.82, 2.24) is 9.97 Å². The van der Waals surface area contributed by atoms with Crippen molar-refractivity contribution in [2.75, 3.05) is 17.2 Å². The largest absolute Gasteiger partial charge is 0.491 e. The molecule has 0 bridgehead atoms. The highest BCUT2D eigenvalue weighted by Crippen LogP contribution is 2.29. The van der Waals surface area contributed by atoms with Gasteiger partial charge in [-0.25, -0.2) is 9.97 Å². The van der Waals surface area contributed by atoms with Crippen molar-refractivity contribution < 1.29 is 4.74 Å². The second kappa shape index (κ2) is 10.3. The third kappa shape index (κ3) is 5.39. The predicted octanol–water partition coefficient (Wildman–Crippen LogP) is 4.57. The summed E-state index contributed by atoms with van der Waals surface area (Å²) in [5.74, 6) is 1.49.